The Morgan fingerprint density at radius 1 is 1.03 bits per heavy atom. The summed E-state index contributed by atoms with van der Waals surface area (Å²) < 4.78 is 11.1. The highest BCUT2D eigenvalue weighted by Crippen LogP contribution is 2.34. The molecule has 2 heterocycles. The number of hydrogen-bond acceptors (Lipinski definition) is 5. The molecular formula is C23H24ClN3O3. The lowest BCUT2D eigenvalue weighted by Crippen LogP contribution is -2.44. The molecule has 0 aliphatic carbocycles. The molecule has 0 bridgehead atoms. The van der Waals surface area contributed by atoms with Crippen LogP contribution in [-0.2, 0) is 6.54 Å². The van der Waals surface area contributed by atoms with Crippen LogP contribution >= 0.6 is 11.6 Å². The molecule has 2 aromatic carbocycles. The number of benzene rings is 2. The standard InChI is InChI=1S/C23H24ClN3O3/c1-26-12-14-27(15-13-26)20-5-3-2-4-19(20)21-10-11-22(29-21)30-23(28)25-16-17-6-8-18(24)9-7-17/h2-11H,12-16H2,1H3,(H,25,28). The molecule has 4 rings (SSSR count). The molecule has 7 heteroatoms. The molecule has 1 amide bonds. The lowest BCUT2D eigenvalue weighted by molar-refractivity contribution is 0.187. The van der Waals surface area contributed by atoms with Crippen molar-refractivity contribution in [3.63, 3.8) is 0 Å². The van der Waals surface area contributed by atoms with Gasteiger partial charge in [0.15, 0.2) is 0 Å². The maximum Gasteiger partial charge on any atom is 0.415 e. The maximum absolute atomic E-state index is 12.1. The van der Waals surface area contributed by atoms with E-state index in [9.17, 15) is 4.79 Å². The third-order valence-electron chi connectivity index (χ3n) is 5.14. The van der Waals surface area contributed by atoms with Crippen molar-refractivity contribution in [2.45, 2.75) is 6.54 Å². The monoisotopic (exact) mass is 425 g/mol. The number of ether oxygens (including phenoxy) is 1. The van der Waals surface area contributed by atoms with Crippen molar-refractivity contribution in [2.24, 2.45) is 0 Å². The average molecular weight is 426 g/mol. The summed E-state index contributed by atoms with van der Waals surface area (Å²) in [6, 6.07) is 18.9. The molecule has 1 N–H and O–H groups in total. The molecule has 1 saturated heterocycles. The summed E-state index contributed by atoms with van der Waals surface area (Å²) >= 11 is 5.87. The number of amides is 1. The van der Waals surface area contributed by atoms with Crippen LogP contribution in [0.1, 0.15) is 5.56 Å². The minimum atomic E-state index is -0.571. The first-order chi connectivity index (χ1) is 14.6. The van der Waals surface area contributed by atoms with Gasteiger partial charge in [-0.15, -0.1) is 0 Å². The van der Waals surface area contributed by atoms with Crippen molar-refractivity contribution in [3.8, 4) is 17.3 Å². The molecule has 1 aromatic heterocycles. The Morgan fingerprint density at radius 3 is 2.53 bits per heavy atom. The van der Waals surface area contributed by atoms with Gasteiger partial charge >= 0.3 is 6.09 Å². The first kappa shape index (κ1) is 20.3. The van der Waals surface area contributed by atoms with Crippen molar-refractivity contribution < 1.29 is 13.9 Å². The SMILES string of the molecule is CN1CCN(c2ccccc2-c2ccc(OC(=O)NCc3ccc(Cl)cc3)o2)CC1. The van der Waals surface area contributed by atoms with Crippen LogP contribution in [0.3, 0.4) is 0 Å². The number of carbonyl (C=O) groups is 1. The van der Waals surface area contributed by atoms with Gasteiger partial charge in [0.05, 0.1) is 0 Å². The first-order valence-electron chi connectivity index (χ1n) is 9.91. The molecule has 156 valence electrons. The van der Waals surface area contributed by atoms with Crippen LogP contribution < -0.4 is 15.0 Å². The highest BCUT2D eigenvalue weighted by atomic mass is 35.5. The number of nitrogens with one attached hydrogen (secondary N) is 1. The molecule has 1 fully saturated rings. The molecule has 1 aliphatic heterocycles. The van der Waals surface area contributed by atoms with E-state index in [1.807, 2.05) is 36.4 Å². The fourth-order valence-electron chi connectivity index (χ4n) is 3.43. The number of rotatable bonds is 5. The number of anilines is 1. The summed E-state index contributed by atoms with van der Waals surface area (Å²) in [5.74, 6) is 0.830. The topological polar surface area (TPSA) is 58.0 Å². The Morgan fingerprint density at radius 2 is 1.77 bits per heavy atom. The Bertz CT molecular complexity index is 995. The van der Waals surface area contributed by atoms with Crippen molar-refractivity contribution in [1.29, 1.82) is 0 Å². The molecule has 1 aliphatic rings. The van der Waals surface area contributed by atoms with E-state index >= 15 is 0 Å². The summed E-state index contributed by atoms with van der Waals surface area (Å²) in [6.07, 6.45) is -0.571. The van der Waals surface area contributed by atoms with E-state index in [2.05, 4.69) is 28.2 Å². The first-order valence-corrected chi connectivity index (χ1v) is 10.3. The molecule has 0 unspecified atom stereocenters. The fraction of sp³-hybridized carbons (Fsp3) is 0.261. The van der Waals surface area contributed by atoms with Gasteiger partial charge in [-0.05, 0) is 42.9 Å². The van der Waals surface area contributed by atoms with E-state index in [-0.39, 0.29) is 5.95 Å². The van der Waals surface area contributed by atoms with Crippen LogP contribution in [0.2, 0.25) is 5.02 Å². The number of likely N-dealkylation sites (N-methyl/N-ethyl adjacent to an activating group) is 1. The Hall–Kier alpha value is -2.96. The number of halogens is 1. The summed E-state index contributed by atoms with van der Waals surface area (Å²) in [6.45, 7) is 4.31. The van der Waals surface area contributed by atoms with E-state index in [1.165, 1.54) is 0 Å². The molecule has 0 spiro atoms. The Balaban J connectivity index is 1.40. The maximum atomic E-state index is 12.1. The largest absolute Gasteiger partial charge is 0.425 e. The number of carbonyl (C=O) groups excluding carboxylic acids is 1. The fourth-order valence-corrected chi connectivity index (χ4v) is 3.55. The second-order valence-electron chi connectivity index (χ2n) is 7.30. The van der Waals surface area contributed by atoms with Gasteiger partial charge in [-0.25, -0.2) is 4.79 Å². The predicted octanol–water partition coefficient (Wildman–Crippen LogP) is 4.64. The predicted molar refractivity (Wildman–Crippen MR) is 118 cm³/mol. The van der Waals surface area contributed by atoms with Gasteiger partial charge in [-0.1, -0.05) is 35.9 Å². The normalized spacial score (nSPS) is 14.5. The van der Waals surface area contributed by atoms with E-state index in [1.54, 1.807) is 18.2 Å². The van der Waals surface area contributed by atoms with Gasteiger partial charge in [0.2, 0.25) is 0 Å². The second-order valence-corrected chi connectivity index (χ2v) is 7.73. The molecule has 6 nitrogen and oxygen atoms in total. The quantitative estimate of drug-likeness (QED) is 0.645. The van der Waals surface area contributed by atoms with E-state index in [0.29, 0.717) is 17.3 Å². The minimum Gasteiger partial charge on any atom is -0.425 e. The Labute approximate surface area is 181 Å². The average Bonchev–Trinajstić information content (AvgIpc) is 3.22. The minimum absolute atomic E-state index is 0.159. The van der Waals surface area contributed by atoms with Crippen LogP contribution in [0.15, 0.2) is 65.1 Å². The van der Waals surface area contributed by atoms with Crippen molar-refractivity contribution in [1.82, 2.24) is 10.2 Å². The van der Waals surface area contributed by atoms with Crippen molar-refractivity contribution >= 4 is 23.4 Å². The number of para-hydroxylation sites is 1. The van der Waals surface area contributed by atoms with Gasteiger partial charge in [0.1, 0.15) is 5.76 Å². The highest BCUT2D eigenvalue weighted by Gasteiger charge is 2.19. The van der Waals surface area contributed by atoms with Gasteiger partial charge in [-0.2, -0.15) is 0 Å². The van der Waals surface area contributed by atoms with E-state index in [4.69, 9.17) is 20.8 Å². The van der Waals surface area contributed by atoms with E-state index in [0.717, 1.165) is 43.0 Å². The molecular weight excluding hydrogens is 402 g/mol. The Kier molecular flexibility index (Phi) is 6.26. The van der Waals surface area contributed by atoms with E-state index < -0.39 is 6.09 Å². The number of piperazine rings is 1. The number of hydrogen-bond donors (Lipinski definition) is 1. The lowest BCUT2D eigenvalue weighted by Gasteiger charge is -2.34. The molecule has 30 heavy (non-hydrogen) atoms. The third-order valence-corrected chi connectivity index (χ3v) is 5.39. The van der Waals surface area contributed by atoms with Crippen molar-refractivity contribution in [2.75, 3.05) is 38.1 Å². The molecule has 0 atom stereocenters. The van der Waals surface area contributed by atoms with Crippen LogP contribution in [0, 0.1) is 0 Å². The van der Waals surface area contributed by atoms with Crippen LogP contribution in [0.5, 0.6) is 5.95 Å². The third kappa shape index (κ3) is 4.96. The zero-order chi connectivity index (χ0) is 20.9. The molecule has 0 radical (unpaired) electrons. The van der Waals surface area contributed by atoms with Gasteiger partial charge in [0.25, 0.3) is 5.95 Å². The van der Waals surface area contributed by atoms with Gasteiger partial charge in [-0.3, -0.25) is 0 Å². The zero-order valence-electron chi connectivity index (χ0n) is 16.8. The summed E-state index contributed by atoms with van der Waals surface area (Å²) in [5, 5.41) is 3.36. The molecule has 3 aromatic rings. The number of furan rings is 1. The number of nitrogens with zero attached hydrogens (tertiary/aromatic N) is 2. The summed E-state index contributed by atoms with van der Waals surface area (Å²) in [4.78, 5) is 16.8. The lowest BCUT2D eigenvalue weighted by atomic mass is 10.1. The van der Waals surface area contributed by atoms with Gasteiger partial charge < -0.3 is 24.3 Å². The molecule has 0 saturated carbocycles. The summed E-state index contributed by atoms with van der Waals surface area (Å²) in [7, 11) is 2.14. The van der Waals surface area contributed by atoms with Crippen LogP contribution in [-0.4, -0.2) is 44.2 Å². The van der Waals surface area contributed by atoms with Gasteiger partial charge in [0, 0.05) is 55.1 Å². The van der Waals surface area contributed by atoms with Crippen LogP contribution in [0.25, 0.3) is 11.3 Å². The van der Waals surface area contributed by atoms with Crippen LogP contribution in [0.4, 0.5) is 10.5 Å². The highest BCUT2D eigenvalue weighted by molar-refractivity contribution is 6.30. The summed E-state index contributed by atoms with van der Waals surface area (Å²) in [5.41, 5.74) is 3.04. The van der Waals surface area contributed by atoms with Crippen molar-refractivity contribution in [3.05, 3.63) is 71.2 Å². The zero-order valence-corrected chi connectivity index (χ0v) is 17.6. The second kappa shape index (κ2) is 9.24. The smallest absolute Gasteiger partial charge is 0.415 e.